The molecule has 0 aliphatic heterocycles. The van der Waals surface area contributed by atoms with Gasteiger partial charge in [-0.2, -0.15) is 0 Å². The molecule has 1 aromatic carbocycles. The van der Waals surface area contributed by atoms with E-state index in [1.54, 1.807) is 16.5 Å². The van der Waals surface area contributed by atoms with Gasteiger partial charge in [-0.25, -0.2) is 4.98 Å². The Labute approximate surface area is 122 Å². The number of nitrogens with zero attached hydrogens (tertiary/aromatic N) is 4. The molecular formula is C16H16N4O. The number of hydrogen-bond donors (Lipinski definition) is 1. The Hall–Kier alpha value is -2.69. The first-order valence-corrected chi connectivity index (χ1v) is 6.72. The van der Waals surface area contributed by atoms with Crippen molar-refractivity contribution in [1.29, 1.82) is 0 Å². The van der Waals surface area contributed by atoms with E-state index < -0.39 is 0 Å². The molecule has 0 fully saturated rings. The average Bonchev–Trinajstić information content (AvgIpc) is 2.76. The molecule has 106 valence electrons. The van der Waals surface area contributed by atoms with Crippen LogP contribution in [-0.2, 0) is 0 Å². The molecule has 5 heteroatoms. The topological polar surface area (TPSA) is 62.2 Å². The summed E-state index contributed by atoms with van der Waals surface area (Å²) in [5, 5.41) is 18.4. The number of fused-ring (bicyclic) bond motifs is 1. The van der Waals surface area contributed by atoms with E-state index in [2.05, 4.69) is 21.3 Å². The number of pyridine rings is 1. The van der Waals surface area contributed by atoms with E-state index in [4.69, 9.17) is 0 Å². The average molecular weight is 280 g/mol. The van der Waals surface area contributed by atoms with Gasteiger partial charge in [0.25, 0.3) is 0 Å². The largest absolute Gasteiger partial charge is 0.504 e. The van der Waals surface area contributed by atoms with Crippen LogP contribution in [-0.4, -0.2) is 14.5 Å². The Morgan fingerprint density at radius 3 is 2.67 bits per heavy atom. The van der Waals surface area contributed by atoms with E-state index in [1.165, 1.54) is 5.56 Å². The van der Waals surface area contributed by atoms with Crippen LogP contribution in [0, 0.1) is 20.8 Å². The lowest BCUT2D eigenvalue weighted by molar-refractivity contribution is 0.477. The lowest BCUT2D eigenvalue weighted by atomic mass is 10.1. The minimum absolute atomic E-state index is 0.133. The second kappa shape index (κ2) is 5.01. The van der Waals surface area contributed by atoms with Crippen molar-refractivity contribution in [2.24, 2.45) is 10.2 Å². The maximum atomic E-state index is 9.81. The van der Waals surface area contributed by atoms with Crippen LogP contribution in [0.2, 0.25) is 0 Å². The van der Waals surface area contributed by atoms with Gasteiger partial charge in [0.05, 0.1) is 11.4 Å². The second-order valence-electron chi connectivity index (χ2n) is 5.10. The van der Waals surface area contributed by atoms with E-state index in [0.29, 0.717) is 11.5 Å². The van der Waals surface area contributed by atoms with Gasteiger partial charge in [0.15, 0.2) is 17.2 Å². The fourth-order valence-corrected chi connectivity index (χ4v) is 2.29. The summed E-state index contributed by atoms with van der Waals surface area (Å²) in [7, 11) is 0. The monoisotopic (exact) mass is 280 g/mol. The molecular weight excluding hydrogens is 264 g/mol. The molecule has 0 saturated heterocycles. The number of hydrogen-bond acceptors (Lipinski definition) is 4. The van der Waals surface area contributed by atoms with Gasteiger partial charge in [-0.1, -0.05) is 17.7 Å². The van der Waals surface area contributed by atoms with Gasteiger partial charge in [0.1, 0.15) is 0 Å². The van der Waals surface area contributed by atoms with Crippen LogP contribution in [0.25, 0.3) is 5.65 Å². The Morgan fingerprint density at radius 2 is 1.90 bits per heavy atom. The Morgan fingerprint density at radius 1 is 1.10 bits per heavy atom. The highest BCUT2D eigenvalue weighted by Crippen LogP contribution is 2.28. The van der Waals surface area contributed by atoms with Gasteiger partial charge in [-0.3, -0.25) is 4.40 Å². The van der Waals surface area contributed by atoms with Crippen molar-refractivity contribution in [2.75, 3.05) is 0 Å². The molecule has 0 spiro atoms. The zero-order valence-electron chi connectivity index (χ0n) is 12.2. The van der Waals surface area contributed by atoms with Crippen molar-refractivity contribution in [3.05, 3.63) is 53.3 Å². The molecule has 0 saturated carbocycles. The lowest BCUT2D eigenvalue weighted by Crippen LogP contribution is -1.83. The maximum Gasteiger partial charge on any atom is 0.182 e. The summed E-state index contributed by atoms with van der Waals surface area (Å²) in [4.78, 5) is 4.32. The molecule has 0 aliphatic rings. The molecule has 21 heavy (non-hydrogen) atoms. The number of aromatic hydroxyl groups is 1. The molecule has 0 radical (unpaired) electrons. The fourth-order valence-electron chi connectivity index (χ4n) is 2.29. The summed E-state index contributed by atoms with van der Waals surface area (Å²) >= 11 is 0. The third kappa shape index (κ3) is 2.38. The highest BCUT2D eigenvalue weighted by Gasteiger charge is 2.10. The van der Waals surface area contributed by atoms with E-state index in [1.807, 2.05) is 39.1 Å². The molecule has 0 atom stereocenters. The summed E-state index contributed by atoms with van der Waals surface area (Å²) in [6, 6.07) is 9.38. The molecule has 0 amide bonds. The van der Waals surface area contributed by atoms with Gasteiger partial charge < -0.3 is 5.11 Å². The first-order valence-electron chi connectivity index (χ1n) is 6.72. The number of rotatable bonds is 2. The van der Waals surface area contributed by atoms with E-state index >= 15 is 0 Å². The van der Waals surface area contributed by atoms with Gasteiger partial charge in [-0.05, 0) is 44.5 Å². The van der Waals surface area contributed by atoms with Crippen molar-refractivity contribution in [1.82, 2.24) is 9.38 Å². The molecule has 2 aromatic heterocycles. The predicted molar refractivity (Wildman–Crippen MR) is 81.7 cm³/mol. The quantitative estimate of drug-likeness (QED) is 0.708. The van der Waals surface area contributed by atoms with Crippen molar-refractivity contribution >= 4 is 17.2 Å². The molecule has 1 N–H and O–H groups in total. The van der Waals surface area contributed by atoms with Crippen LogP contribution in [0.3, 0.4) is 0 Å². The Balaban J connectivity index is 2.07. The maximum absolute atomic E-state index is 9.81. The number of imidazole rings is 1. The molecule has 3 aromatic rings. The molecule has 0 unspecified atom stereocenters. The molecule has 3 rings (SSSR count). The number of aromatic nitrogens is 2. The smallest absolute Gasteiger partial charge is 0.182 e. The normalized spacial score (nSPS) is 11.6. The first-order chi connectivity index (χ1) is 10.1. The van der Waals surface area contributed by atoms with Crippen LogP contribution in [0.4, 0.5) is 11.5 Å². The SMILES string of the molecule is Cc1ccc(N=Nc2c(C)nc3c(O)cccn23)c(C)c1. The minimum atomic E-state index is 0.133. The van der Waals surface area contributed by atoms with Gasteiger partial charge in [0, 0.05) is 6.20 Å². The number of aryl methyl sites for hydroxylation is 3. The number of azo groups is 1. The Bertz CT molecular complexity index is 849. The van der Waals surface area contributed by atoms with Crippen molar-refractivity contribution in [3.63, 3.8) is 0 Å². The van der Waals surface area contributed by atoms with Crippen molar-refractivity contribution in [2.45, 2.75) is 20.8 Å². The molecule has 2 heterocycles. The molecule has 0 bridgehead atoms. The summed E-state index contributed by atoms with van der Waals surface area (Å²) < 4.78 is 1.73. The molecule has 0 aliphatic carbocycles. The van der Waals surface area contributed by atoms with Gasteiger partial charge >= 0.3 is 0 Å². The van der Waals surface area contributed by atoms with E-state index in [-0.39, 0.29) is 5.75 Å². The van der Waals surface area contributed by atoms with Crippen molar-refractivity contribution in [3.8, 4) is 5.75 Å². The fraction of sp³-hybridized carbons (Fsp3) is 0.188. The zero-order chi connectivity index (χ0) is 15.0. The van der Waals surface area contributed by atoms with E-state index in [0.717, 1.165) is 16.9 Å². The first kappa shape index (κ1) is 13.3. The zero-order valence-corrected chi connectivity index (χ0v) is 12.2. The third-order valence-electron chi connectivity index (χ3n) is 3.38. The van der Waals surface area contributed by atoms with E-state index in [9.17, 15) is 5.11 Å². The van der Waals surface area contributed by atoms with Gasteiger partial charge in [0.2, 0.25) is 0 Å². The highest BCUT2D eigenvalue weighted by molar-refractivity contribution is 5.60. The summed E-state index contributed by atoms with van der Waals surface area (Å²) in [6.07, 6.45) is 1.81. The summed E-state index contributed by atoms with van der Waals surface area (Å²) in [5.74, 6) is 0.759. The number of benzene rings is 1. The highest BCUT2D eigenvalue weighted by atomic mass is 16.3. The Kier molecular flexibility index (Phi) is 3.17. The van der Waals surface area contributed by atoms with Crippen LogP contribution in [0.15, 0.2) is 46.8 Å². The minimum Gasteiger partial charge on any atom is -0.504 e. The summed E-state index contributed by atoms with van der Waals surface area (Å²) in [5.41, 5.74) is 4.32. The van der Waals surface area contributed by atoms with Gasteiger partial charge in [-0.15, -0.1) is 10.2 Å². The lowest BCUT2D eigenvalue weighted by Gasteiger charge is -2.01. The van der Waals surface area contributed by atoms with Crippen LogP contribution < -0.4 is 0 Å². The second-order valence-corrected chi connectivity index (χ2v) is 5.10. The van der Waals surface area contributed by atoms with Crippen molar-refractivity contribution < 1.29 is 5.11 Å². The standard InChI is InChI=1S/C16H16N4O/c1-10-6-7-13(11(2)9-10)18-19-15-12(3)17-16-14(21)5-4-8-20(15)16/h4-9,21H,1-3H3. The summed E-state index contributed by atoms with van der Waals surface area (Å²) in [6.45, 7) is 5.91. The van der Waals surface area contributed by atoms with Crippen LogP contribution >= 0.6 is 0 Å². The predicted octanol–water partition coefficient (Wildman–Crippen LogP) is 4.38. The van der Waals surface area contributed by atoms with Crippen LogP contribution in [0.1, 0.15) is 16.8 Å². The molecule has 5 nitrogen and oxygen atoms in total. The van der Waals surface area contributed by atoms with Crippen LogP contribution in [0.5, 0.6) is 5.75 Å². The third-order valence-corrected chi connectivity index (χ3v) is 3.38.